The molecule has 1 unspecified atom stereocenters. The summed E-state index contributed by atoms with van der Waals surface area (Å²) in [6.07, 6.45) is 1.00. The van der Waals surface area contributed by atoms with Gasteiger partial charge in [0, 0.05) is 29.6 Å². The van der Waals surface area contributed by atoms with Crippen molar-refractivity contribution in [2.45, 2.75) is 12.5 Å². The van der Waals surface area contributed by atoms with Crippen LogP contribution in [0.3, 0.4) is 0 Å². The fourth-order valence-corrected chi connectivity index (χ4v) is 2.86. The molecule has 0 spiro atoms. The average molecular weight is 264 g/mol. The van der Waals surface area contributed by atoms with Crippen molar-refractivity contribution >= 4 is 27.3 Å². The maximum atomic E-state index is 5.06. The third kappa shape index (κ3) is 3.06. The highest BCUT2D eigenvalue weighted by Crippen LogP contribution is 2.28. The molecule has 13 heavy (non-hydrogen) atoms. The Kier molecular flexibility index (Phi) is 4.94. The number of rotatable bonds is 5. The Labute approximate surface area is 91.4 Å². The molecular weight excluding hydrogens is 250 g/mol. The summed E-state index contributed by atoms with van der Waals surface area (Å²) in [5.41, 5.74) is 1.32. The zero-order valence-corrected chi connectivity index (χ0v) is 10.2. The van der Waals surface area contributed by atoms with Crippen molar-refractivity contribution in [2.75, 3.05) is 20.8 Å². The van der Waals surface area contributed by atoms with Crippen molar-refractivity contribution in [3.63, 3.8) is 0 Å². The van der Waals surface area contributed by atoms with E-state index in [1.54, 1.807) is 18.4 Å². The minimum atomic E-state index is 0.389. The number of hydrogen-bond acceptors (Lipinski definition) is 3. The van der Waals surface area contributed by atoms with Crippen LogP contribution in [-0.4, -0.2) is 20.8 Å². The van der Waals surface area contributed by atoms with E-state index in [2.05, 4.69) is 32.0 Å². The fourth-order valence-electron chi connectivity index (χ4n) is 1.23. The summed E-state index contributed by atoms with van der Waals surface area (Å²) in [4.78, 5) is 0. The largest absolute Gasteiger partial charge is 0.385 e. The first kappa shape index (κ1) is 11.2. The Morgan fingerprint density at radius 1 is 1.62 bits per heavy atom. The third-order valence-corrected chi connectivity index (χ3v) is 3.73. The molecule has 0 radical (unpaired) electrons. The van der Waals surface area contributed by atoms with Gasteiger partial charge in [-0.3, -0.25) is 0 Å². The van der Waals surface area contributed by atoms with Gasteiger partial charge in [0.2, 0.25) is 0 Å². The molecule has 74 valence electrons. The maximum absolute atomic E-state index is 5.06. The van der Waals surface area contributed by atoms with Gasteiger partial charge in [-0.1, -0.05) is 0 Å². The highest BCUT2D eigenvalue weighted by Gasteiger charge is 2.12. The molecule has 0 aromatic carbocycles. The topological polar surface area (TPSA) is 21.3 Å². The Morgan fingerprint density at radius 2 is 2.38 bits per heavy atom. The van der Waals surface area contributed by atoms with E-state index in [4.69, 9.17) is 4.74 Å². The van der Waals surface area contributed by atoms with Gasteiger partial charge in [0.15, 0.2) is 0 Å². The molecule has 1 aromatic rings. The van der Waals surface area contributed by atoms with E-state index < -0.39 is 0 Å². The summed E-state index contributed by atoms with van der Waals surface area (Å²) >= 11 is 5.24. The van der Waals surface area contributed by atoms with Gasteiger partial charge >= 0.3 is 0 Å². The van der Waals surface area contributed by atoms with Crippen LogP contribution in [-0.2, 0) is 4.74 Å². The molecule has 4 heteroatoms. The molecule has 0 aliphatic carbocycles. The van der Waals surface area contributed by atoms with E-state index >= 15 is 0 Å². The van der Waals surface area contributed by atoms with Crippen LogP contribution in [0.25, 0.3) is 0 Å². The summed E-state index contributed by atoms with van der Waals surface area (Å²) in [7, 11) is 3.71. The van der Waals surface area contributed by atoms with Crippen LogP contribution in [0.5, 0.6) is 0 Å². The zero-order chi connectivity index (χ0) is 9.68. The Hall–Kier alpha value is 0.100. The lowest BCUT2D eigenvalue weighted by molar-refractivity contribution is 0.184. The van der Waals surface area contributed by atoms with Crippen LogP contribution in [0.2, 0.25) is 0 Å². The molecular formula is C9H14BrNOS. The van der Waals surface area contributed by atoms with Crippen molar-refractivity contribution in [1.82, 2.24) is 5.32 Å². The lowest BCUT2D eigenvalue weighted by Crippen LogP contribution is -2.17. The van der Waals surface area contributed by atoms with Crippen LogP contribution >= 0.6 is 27.3 Å². The van der Waals surface area contributed by atoms with Crippen molar-refractivity contribution in [1.29, 1.82) is 0 Å². The zero-order valence-electron chi connectivity index (χ0n) is 7.84. The molecule has 0 amide bonds. The summed E-state index contributed by atoms with van der Waals surface area (Å²) < 4.78 is 6.25. The summed E-state index contributed by atoms with van der Waals surface area (Å²) in [5.74, 6) is 0. The summed E-state index contributed by atoms with van der Waals surface area (Å²) in [5, 5.41) is 7.55. The quantitative estimate of drug-likeness (QED) is 0.883. The van der Waals surface area contributed by atoms with E-state index in [0.717, 1.165) is 13.0 Å². The second-order valence-corrected chi connectivity index (χ2v) is 4.40. The van der Waals surface area contributed by atoms with Crippen LogP contribution < -0.4 is 5.32 Å². The SMILES string of the molecule is CNC(CCOC)c1cscc1Br. The van der Waals surface area contributed by atoms with Crippen molar-refractivity contribution in [2.24, 2.45) is 0 Å². The van der Waals surface area contributed by atoms with Gasteiger partial charge < -0.3 is 10.1 Å². The maximum Gasteiger partial charge on any atom is 0.0480 e. The first-order valence-corrected chi connectivity index (χ1v) is 5.91. The molecule has 0 aliphatic heterocycles. The van der Waals surface area contributed by atoms with E-state index in [0.29, 0.717) is 6.04 Å². The van der Waals surface area contributed by atoms with Crippen LogP contribution in [0.4, 0.5) is 0 Å². The van der Waals surface area contributed by atoms with Gasteiger partial charge in [-0.05, 0) is 40.3 Å². The number of hydrogen-bond donors (Lipinski definition) is 1. The van der Waals surface area contributed by atoms with Crippen LogP contribution in [0.1, 0.15) is 18.0 Å². The minimum Gasteiger partial charge on any atom is -0.385 e. The molecule has 2 nitrogen and oxygen atoms in total. The molecule has 0 saturated heterocycles. The molecule has 0 saturated carbocycles. The molecule has 1 N–H and O–H groups in total. The van der Waals surface area contributed by atoms with Gasteiger partial charge in [-0.2, -0.15) is 11.3 Å². The highest BCUT2D eigenvalue weighted by molar-refractivity contribution is 9.10. The molecule has 1 atom stereocenters. The van der Waals surface area contributed by atoms with Gasteiger partial charge in [0.05, 0.1) is 0 Å². The molecule has 1 heterocycles. The van der Waals surface area contributed by atoms with Crippen LogP contribution in [0, 0.1) is 0 Å². The summed E-state index contributed by atoms with van der Waals surface area (Å²) in [6.45, 7) is 0.786. The van der Waals surface area contributed by atoms with E-state index in [-0.39, 0.29) is 0 Å². The lowest BCUT2D eigenvalue weighted by atomic mass is 10.1. The van der Waals surface area contributed by atoms with E-state index in [1.807, 2.05) is 7.05 Å². The van der Waals surface area contributed by atoms with Crippen molar-refractivity contribution < 1.29 is 4.74 Å². The first-order chi connectivity index (χ1) is 6.29. The van der Waals surface area contributed by atoms with Gasteiger partial charge in [0.25, 0.3) is 0 Å². The second kappa shape index (κ2) is 5.75. The molecule has 1 aromatic heterocycles. The van der Waals surface area contributed by atoms with E-state index in [1.165, 1.54) is 10.0 Å². The van der Waals surface area contributed by atoms with Gasteiger partial charge in [0.1, 0.15) is 0 Å². The average Bonchev–Trinajstić information content (AvgIpc) is 2.54. The number of halogens is 1. The molecule has 0 aliphatic rings. The standard InChI is InChI=1S/C9H14BrNOS/c1-11-9(3-4-12-2)7-5-13-6-8(7)10/h5-6,9,11H,3-4H2,1-2H3. The number of ether oxygens (including phenoxy) is 1. The normalized spacial score (nSPS) is 13.2. The molecule has 0 fully saturated rings. The number of methoxy groups -OCH3 is 1. The molecule has 1 rings (SSSR count). The van der Waals surface area contributed by atoms with Gasteiger partial charge in [-0.25, -0.2) is 0 Å². The predicted molar refractivity (Wildman–Crippen MR) is 60.3 cm³/mol. The Balaban J connectivity index is 2.61. The second-order valence-electron chi connectivity index (χ2n) is 2.80. The number of thiophene rings is 1. The van der Waals surface area contributed by atoms with Crippen LogP contribution in [0.15, 0.2) is 15.2 Å². The van der Waals surface area contributed by atoms with Crippen molar-refractivity contribution in [3.05, 3.63) is 20.8 Å². The Morgan fingerprint density at radius 3 is 2.85 bits per heavy atom. The van der Waals surface area contributed by atoms with E-state index in [9.17, 15) is 0 Å². The Bertz CT molecular complexity index is 252. The predicted octanol–water partition coefficient (Wildman–Crippen LogP) is 2.81. The highest BCUT2D eigenvalue weighted by atomic mass is 79.9. The fraction of sp³-hybridized carbons (Fsp3) is 0.556. The first-order valence-electron chi connectivity index (χ1n) is 4.17. The summed E-state index contributed by atoms with van der Waals surface area (Å²) in [6, 6.07) is 0.389. The third-order valence-electron chi connectivity index (χ3n) is 1.98. The lowest BCUT2D eigenvalue weighted by Gasteiger charge is -2.14. The van der Waals surface area contributed by atoms with Crippen molar-refractivity contribution in [3.8, 4) is 0 Å². The monoisotopic (exact) mass is 263 g/mol. The van der Waals surface area contributed by atoms with Gasteiger partial charge in [-0.15, -0.1) is 0 Å². The minimum absolute atomic E-state index is 0.389. The number of nitrogens with one attached hydrogen (secondary N) is 1. The smallest absolute Gasteiger partial charge is 0.0480 e. The molecule has 0 bridgehead atoms.